The summed E-state index contributed by atoms with van der Waals surface area (Å²) in [5.41, 5.74) is 2.75. The van der Waals surface area contributed by atoms with Crippen LogP contribution in [0.5, 0.6) is 11.5 Å². The molecule has 0 fully saturated rings. The van der Waals surface area contributed by atoms with Gasteiger partial charge in [-0.1, -0.05) is 30.3 Å². The molecule has 0 aromatic heterocycles. The van der Waals surface area contributed by atoms with Crippen LogP contribution in [0.4, 0.5) is 0 Å². The molecule has 146 valence electrons. The molecule has 0 aliphatic rings. The number of rotatable bonds is 10. The molecule has 0 atom stereocenters. The number of carboxylic acids is 1. The molecule has 0 radical (unpaired) electrons. The lowest BCUT2D eigenvalue weighted by molar-refractivity contribution is -0.139. The summed E-state index contributed by atoms with van der Waals surface area (Å²) in [4.78, 5) is 34.0. The molecule has 3 N–H and O–H groups in total. The fourth-order valence-corrected chi connectivity index (χ4v) is 1.97. The molecule has 2 aromatic carbocycles. The zero-order chi connectivity index (χ0) is 20.2. The van der Waals surface area contributed by atoms with Gasteiger partial charge >= 0.3 is 5.97 Å². The zero-order valence-corrected chi connectivity index (χ0v) is 14.8. The van der Waals surface area contributed by atoms with Gasteiger partial charge < -0.3 is 19.9 Å². The predicted molar refractivity (Wildman–Crippen MR) is 100 cm³/mol. The maximum absolute atomic E-state index is 11.7. The molecule has 0 heterocycles. The number of aliphatic carboxylic acids is 1. The highest BCUT2D eigenvalue weighted by Gasteiger charge is 2.06. The van der Waals surface area contributed by atoms with Crippen LogP contribution in [0.25, 0.3) is 0 Å². The van der Waals surface area contributed by atoms with Crippen LogP contribution in [-0.2, 0) is 14.4 Å². The van der Waals surface area contributed by atoms with Gasteiger partial charge in [0.15, 0.2) is 13.2 Å². The Morgan fingerprint density at radius 2 is 1.64 bits per heavy atom. The lowest BCUT2D eigenvalue weighted by atomic mass is 10.2. The first-order valence-corrected chi connectivity index (χ1v) is 8.24. The van der Waals surface area contributed by atoms with Crippen LogP contribution in [0.2, 0.25) is 0 Å². The van der Waals surface area contributed by atoms with Gasteiger partial charge in [-0.3, -0.25) is 9.59 Å². The minimum Gasteiger partial charge on any atom is -0.484 e. The molecular weight excluding hydrogens is 366 g/mol. The van der Waals surface area contributed by atoms with Gasteiger partial charge in [-0.25, -0.2) is 10.2 Å². The van der Waals surface area contributed by atoms with Gasteiger partial charge in [-0.2, -0.15) is 5.10 Å². The zero-order valence-electron chi connectivity index (χ0n) is 14.8. The van der Waals surface area contributed by atoms with Crippen LogP contribution in [-0.4, -0.2) is 48.9 Å². The van der Waals surface area contributed by atoms with E-state index in [4.69, 9.17) is 14.6 Å². The first-order chi connectivity index (χ1) is 13.5. The summed E-state index contributed by atoms with van der Waals surface area (Å²) >= 11 is 0. The largest absolute Gasteiger partial charge is 0.484 e. The second-order valence-electron chi connectivity index (χ2n) is 5.39. The van der Waals surface area contributed by atoms with Gasteiger partial charge in [0.2, 0.25) is 0 Å². The van der Waals surface area contributed by atoms with E-state index < -0.39 is 24.4 Å². The molecule has 0 saturated heterocycles. The number of carboxylic acid groups (broad SMARTS) is 1. The minimum atomic E-state index is -1.10. The summed E-state index contributed by atoms with van der Waals surface area (Å²) < 4.78 is 10.4. The molecule has 2 rings (SSSR count). The molecule has 0 aliphatic heterocycles. The molecule has 0 unspecified atom stereocenters. The van der Waals surface area contributed by atoms with Crippen molar-refractivity contribution in [3.05, 3.63) is 60.2 Å². The molecule has 0 bridgehead atoms. The Bertz CT molecular complexity index is 839. The smallest absolute Gasteiger partial charge is 0.341 e. The van der Waals surface area contributed by atoms with Crippen molar-refractivity contribution in [1.82, 2.24) is 10.7 Å². The van der Waals surface area contributed by atoms with Crippen LogP contribution in [0.3, 0.4) is 0 Å². The number of ether oxygens (including phenoxy) is 2. The third kappa shape index (κ3) is 7.56. The van der Waals surface area contributed by atoms with E-state index in [0.717, 1.165) is 0 Å². The number of hydrogen-bond donors (Lipinski definition) is 3. The number of nitrogens with one attached hydrogen (secondary N) is 2. The monoisotopic (exact) mass is 385 g/mol. The molecule has 2 aromatic rings. The van der Waals surface area contributed by atoms with Gasteiger partial charge in [0.25, 0.3) is 11.8 Å². The number of para-hydroxylation sites is 2. The summed E-state index contributed by atoms with van der Waals surface area (Å²) in [5.74, 6) is -1.22. The molecule has 28 heavy (non-hydrogen) atoms. The Kier molecular flexibility index (Phi) is 8.00. The quantitative estimate of drug-likeness (QED) is 0.410. The van der Waals surface area contributed by atoms with Gasteiger partial charge in [-0.15, -0.1) is 0 Å². The molecule has 0 aliphatic carbocycles. The lowest BCUT2D eigenvalue weighted by Gasteiger charge is -2.07. The van der Waals surface area contributed by atoms with Crippen LogP contribution in [0, 0.1) is 0 Å². The first kappa shape index (κ1) is 20.4. The second-order valence-corrected chi connectivity index (χ2v) is 5.39. The van der Waals surface area contributed by atoms with Gasteiger partial charge in [0, 0.05) is 5.56 Å². The Labute approximate surface area is 161 Å². The molecular formula is C19H19N3O6. The topological polar surface area (TPSA) is 126 Å². The van der Waals surface area contributed by atoms with Crippen molar-refractivity contribution in [3.8, 4) is 11.5 Å². The second kappa shape index (κ2) is 11.0. The van der Waals surface area contributed by atoms with Crippen molar-refractivity contribution in [2.75, 3.05) is 19.8 Å². The molecule has 9 heteroatoms. The van der Waals surface area contributed by atoms with E-state index >= 15 is 0 Å². The van der Waals surface area contributed by atoms with Crippen LogP contribution >= 0.6 is 0 Å². The highest BCUT2D eigenvalue weighted by Crippen LogP contribution is 2.15. The average molecular weight is 385 g/mol. The lowest BCUT2D eigenvalue weighted by Crippen LogP contribution is -2.37. The van der Waals surface area contributed by atoms with Crippen molar-refractivity contribution >= 4 is 24.0 Å². The van der Waals surface area contributed by atoms with Gasteiger partial charge in [0.05, 0.1) is 12.8 Å². The molecule has 0 spiro atoms. The Balaban J connectivity index is 1.73. The third-order valence-corrected chi connectivity index (χ3v) is 3.22. The van der Waals surface area contributed by atoms with E-state index in [2.05, 4.69) is 15.8 Å². The minimum absolute atomic E-state index is 0.213. The number of carbonyl (C=O) groups excluding carboxylic acids is 2. The first-order valence-electron chi connectivity index (χ1n) is 8.24. The number of benzene rings is 2. The summed E-state index contributed by atoms with van der Waals surface area (Å²) in [6, 6.07) is 15.4. The summed E-state index contributed by atoms with van der Waals surface area (Å²) in [7, 11) is 0. The Morgan fingerprint density at radius 1 is 0.929 bits per heavy atom. The normalized spacial score (nSPS) is 10.3. The number of nitrogens with zero attached hydrogens (tertiary/aromatic N) is 1. The van der Waals surface area contributed by atoms with E-state index in [-0.39, 0.29) is 13.2 Å². The average Bonchev–Trinajstić information content (AvgIpc) is 2.70. The van der Waals surface area contributed by atoms with E-state index in [9.17, 15) is 14.4 Å². The van der Waals surface area contributed by atoms with E-state index in [1.54, 1.807) is 48.5 Å². The fraction of sp³-hybridized carbons (Fsp3) is 0.158. The van der Waals surface area contributed by atoms with Gasteiger partial charge in [-0.05, 0) is 24.3 Å². The summed E-state index contributed by atoms with van der Waals surface area (Å²) in [5, 5.41) is 14.8. The number of amides is 2. The van der Waals surface area contributed by atoms with E-state index in [1.165, 1.54) is 6.21 Å². The molecule has 9 nitrogen and oxygen atoms in total. The highest BCUT2D eigenvalue weighted by molar-refractivity contribution is 5.87. The number of hydrazone groups is 1. The standard InChI is InChI=1S/C19H19N3O6/c23-17(11-20-18(24)12-27-15-7-2-1-3-8-15)22-21-10-14-6-4-5-9-16(14)28-13-19(25)26/h1-10H,11-13H2,(H,20,24)(H,22,23)(H,25,26). The van der Waals surface area contributed by atoms with Crippen molar-refractivity contribution in [2.45, 2.75) is 0 Å². The van der Waals surface area contributed by atoms with Gasteiger partial charge in [0.1, 0.15) is 11.5 Å². The van der Waals surface area contributed by atoms with Crippen LogP contribution < -0.4 is 20.2 Å². The third-order valence-electron chi connectivity index (χ3n) is 3.22. The highest BCUT2D eigenvalue weighted by atomic mass is 16.5. The van der Waals surface area contributed by atoms with Crippen LogP contribution in [0.15, 0.2) is 59.7 Å². The van der Waals surface area contributed by atoms with E-state index in [0.29, 0.717) is 17.1 Å². The molecule has 2 amide bonds. The van der Waals surface area contributed by atoms with Crippen LogP contribution in [0.1, 0.15) is 5.56 Å². The summed E-state index contributed by atoms with van der Waals surface area (Å²) in [6.45, 7) is -0.978. The van der Waals surface area contributed by atoms with E-state index in [1.807, 2.05) is 6.07 Å². The summed E-state index contributed by atoms with van der Waals surface area (Å²) in [6.07, 6.45) is 1.31. The number of hydrogen-bond acceptors (Lipinski definition) is 6. The fourth-order valence-electron chi connectivity index (χ4n) is 1.97. The molecule has 0 saturated carbocycles. The Hall–Kier alpha value is -3.88. The van der Waals surface area contributed by atoms with Crippen molar-refractivity contribution in [1.29, 1.82) is 0 Å². The predicted octanol–water partition coefficient (Wildman–Crippen LogP) is 0.795. The Morgan fingerprint density at radius 3 is 2.39 bits per heavy atom. The maximum Gasteiger partial charge on any atom is 0.341 e. The SMILES string of the molecule is O=C(O)COc1ccccc1C=NNC(=O)CNC(=O)COc1ccccc1. The van der Waals surface area contributed by atoms with Crippen molar-refractivity contribution in [2.24, 2.45) is 5.10 Å². The van der Waals surface area contributed by atoms with Crippen molar-refractivity contribution < 1.29 is 29.0 Å². The maximum atomic E-state index is 11.7. The van der Waals surface area contributed by atoms with Crippen molar-refractivity contribution in [3.63, 3.8) is 0 Å². The number of carbonyl (C=O) groups is 3.